The van der Waals surface area contributed by atoms with E-state index in [9.17, 15) is 5.11 Å². The quantitative estimate of drug-likeness (QED) is 0.893. The Balaban J connectivity index is 2.39. The van der Waals surface area contributed by atoms with E-state index < -0.39 is 6.10 Å². The molecule has 0 saturated heterocycles. The van der Waals surface area contributed by atoms with E-state index in [1.165, 1.54) is 0 Å². The highest BCUT2D eigenvalue weighted by atomic mass is 35.5. The van der Waals surface area contributed by atoms with Crippen molar-refractivity contribution in [1.29, 1.82) is 0 Å². The molecule has 16 heavy (non-hydrogen) atoms. The molecule has 2 aromatic rings. The molecule has 0 unspecified atom stereocenters. The first-order valence-corrected chi connectivity index (χ1v) is 5.43. The van der Waals surface area contributed by atoms with Crippen LogP contribution in [-0.2, 0) is 0 Å². The zero-order chi connectivity index (χ0) is 11.7. The monoisotopic (exact) mass is 257 g/mol. The molecule has 1 aromatic carbocycles. The Morgan fingerprint density at radius 1 is 1.25 bits per heavy atom. The molecule has 0 aliphatic rings. The van der Waals surface area contributed by atoms with Crippen molar-refractivity contribution < 1.29 is 9.63 Å². The van der Waals surface area contributed by atoms with E-state index in [1.807, 2.05) is 0 Å². The van der Waals surface area contributed by atoms with Crippen molar-refractivity contribution in [3.8, 4) is 11.3 Å². The van der Waals surface area contributed by atoms with Gasteiger partial charge in [0.2, 0.25) is 0 Å². The van der Waals surface area contributed by atoms with Gasteiger partial charge in [-0.1, -0.05) is 34.4 Å². The van der Waals surface area contributed by atoms with E-state index in [0.717, 1.165) is 5.56 Å². The van der Waals surface area contributed by atoms with Crippen molar-refractivity contribution in [2.24, 2.45) is 0 Å². The van der Waals surface area contributed by atoms with Gasteiger partial charge in [-0.2, -0.15) is 0 Å². The fourth-order valence-electron chi connectivity index (χ4n) is 1.28. The first-order chi connectivity index (χ1) is 7.58. The molecular formula is C11H9Cl2NO2. The summed E-state index contributed by atoms with van der Waals surface area (Å²) in [5.41, 5.74) is 1.42. The van der Waals surface area contributed by atoms with Crippen molar-refractivity contribution in [2.75, 3.05) is 0 Å². The lowest BCUT2D eigenvalue weighted by atomic mass is 10.1. The van der Waals surface area contributed by atoms with Crippen LogP contribution in [0.1, 0.15) is 18.8 Å². The molecular weight excluding hydrogens is 249 g/mol. The SMILES string of the molecule is C[C@@H](O)c1cc(-c2ccc(Cl)c(Cl)c2)no1. The van der Waals surface area contributed by atoms with E-state index in [4.69, 9.17) is 27.7 Å². The predicted molar refractivity (Wildman–Crippen MR) is 62.6 cm³/mol. The van der Waals surface area contributed by atoms with E-state index >= 15 is 0 Å². The Morgan fingerprint density at radius 3 is 2.56 bits per heavy atom. The van der Waals surface area contributed by atoms with Crippen LogP contribution in [0.3, 0.4) is 0 Å². The summed E-state index contributed by atoms with van der Waals surface area (Å²) in [6.45, 7) is 1.61. The number of aliphatic hydroxyl groups is 1. The van der Waals surface area contributed by atoms with Crippen LogP contribution < -0.4 is 0 Å². The molecule has 1 heterocycles. The maximum atomic E-state index is 9.30. The second kappa shape index (κ2) is 4.45. The lowest BCUT2D eigenvalue weighted by Gasteiger charge is -1.98. The van der Waals surface area contributed by atoms with Crippen LogP contribution >= 0.6 is 23.2 Å². The molecule has 0 fully saturated rings. The molecule has 0 bridgehead atoms. The lowest BCUT2D eigenvalue weighted by Crippen LogP contribution is -1.85. The van der Waals surface area contributed by atoms with Gasteiger partial charge in [0.15, 0.2) is 5.76 Å². The van der Waals surface area contributed by atoms with E-state index in [-0.39, 0.29) is 0 Å². The fraction of sp³-hybridized carbons (Fsp3) is 0.182. The normalized spacial score (nSPS) is 12.8. The van der Waals surface area contributed by atoms with Crippen LogP contribution in [-0.4, -0.2) is 10.3 Å². The van der Waals surface area contributed by atoms with Gasteiger partial charge in [-0.3, -0.25) is 0 Å². The lowest BCUT2D eigenvalue weighted by molar-refractivity contribution is 0.158. The number of hydrogen-bond donors (Lipinski definition) is 1. The van der Waals surface area contributed by atoms with Crippen LogP contribution in [0.15, 0.2) is 28.8 Å². The maximum Gasteiger partial charge on any atom is 0.165 e. The van der Waals surface area contributed by atoms with Crippen LogP contribution in [0.2, 0.25) is 10.0 Å². The van der Waals surface area contributed by atoms with Gasteiger partial charge in [0.25, 0.3) is 0 Å². The zero-order valence-corrected chi connectivity index (χ0v) is 9.96. The molecule has 1 aromatic heterocycles. The number of aromatic nitrogens is 1. The predicted octanol–water partition coefficient (Wildman–Crippen LogP) is 3.70. The second-order valence-electron chi connectivity index (χ2n) is 3.42. The molecule has 2 rings (SSSR count). The minimum Gasteiger partial charge on any atom is -0.385 e. The molecule has 0 radical (unpaired) electrons. The molecule has 1 atom stereocenters. The third-order valence-electron chi connectivity index (χ3n) is 2.16. The van der Waals surface area contributed by atoms with E-state index in [1.54, 1.807) is 31.2 Å². The average Bonchev–Trinajstić information content (AvgIpc) is 2.71. The van der Waals surface area contributed by atoms with Gasteiger partial charge >= 0.3 is 0 Å². The zero-order valence-electron chi connectivity index (χ0n) is 8.45. The highest BCUT2D eigenvalue weighted by Gasteiger charge is 2.11. The number of benzene rings is 1. The van der Waals surface area contributed by atoms with Crippen molar-refractivity contribution >= 4 is 23.2 Å². The number of rotatable bonds is 2. The largest absolute Gasteiger partial charge is 0.385 e. The Labute approximate surface area is 103 Å². The summed E-state index contributed by atoms with van der Waals surface area (Å²) in [5.74, 6) is 0.418. The first kappa shape index (κ1) is 11.5. The summed E-state index contributed by atoms with van der Waals surface area (Å²) in [5, 5.41) is 14.1. The number of halogens is 2. The van der Waals surface area contributed by atoms with E-state index in [2.05, 4.69) is 5.16 Å². The van der Waals surface area contributed by atoms with Crippen molar-refractivity contribution in [3.05, 3.63) is 40.1 Å². The summed E-state index contributed by atoms with van der Waals surface area (Å²) < 4.78 is 4.97. The van der Waals surface area contributed by atoms with Crippen molar-refractivity contribution in [2.45, 2.75) is 13.0 Å². The van der Waals surface area contributed by atoms with Gasteiger partial charge in [0.1, 0.15) is 11.8 Å². The van der Waals surface area contributed by atoms with Gasteiger partial charge in [0.05, 0.1) is 10.0 Å². The van der Waals surface area contributed by atoms with Gasteiger partial charge in [0, 0.05) is 11.6 Å². The summed E-state index contributed by atoms with van der Waals surface area (Å²) in [4.78, 5) is 0. The highest BCUT2D eigenvalue weighted by molar-refractivity contribution is 6.42. The molecule has 0 amide bonds. The van der Waals surface area contributed by atoms with Gasteiger partial charge < -0.3 is 9.63 Å². The summed E-state index contributed by atoms with van der Waals surface area (Å²) in [6.07, 6.45) is -0.677. The maximum absolute atomic E-state index is 9.30. The number of hydrogen-bond acceptors (Lipinski definition) is 3. The highest BCUT2D eigenvalue weighted by Crippen LogP contribution is 2.29. The van der Waals surface area contributed by atoms with Crippen LogP contribution in [0.4, 0.5) is 0 Å². The minimum atomic E-state index is -0.677. The molecule has 84 valence electrons. The van der Waals surface area contributed by atoms with Crippen LogP contribution in [0.5, 0.6) is 0 Å². The Kier molecular flexibility index (Phi) is 3.19. The standard InChI is InChI=1S/C11H9Cl2NO2/c1-6(15)11-5-10(14-16-11)7-2-3-8(12)9(13)4-7/h2-6,15H,1H3/t6-/m1/s1. The summed E-state index contributed by atoms with van der Waals surface area (Å²) in [6, 6.07) is 6.85. The Hall–Kier alpha value is -1.03. The smallest absolute Gasteiger partial charge is 0.165 e. The fourth-order valence-corrected chi connectivity index (χ4v) is 1.58. The first-order valence-electron chi connectivity index (χ1n) is 4.68. The molecule has 0 saturated carbocycles. The molecule has 0 aliphatic heterocycles. The third-order valence-corrected chi connectivity index (χ3v) is 2.89. The van der Waals surface area contributed by atoms with Gasteiger partial charge in [-0.05, 0) is 19.1 Å². The molecule has 0 aliphatic carbocycles. The molecule has 3 nitrogen and oxygen atoms in total. The average molecular weight is 258 g/mol. The number of aliphatic hydroxyl groups excluding tert-OH is 1. The molecule has 5 heteroatoms. The van der Waals surface area contributed by atoms with Crippen LogP contribution in [0, 0.1) is 0 Å². The topological polar surface area (TPSA) is 46.3 Å². The summed E-state index contributed by atoms with van der Waals surface area (Å²) in [7, 11) is 0. The third kappa shape index (κ3) is 2.21. The van der Waals surface area contributed by atoms with Crippen molar-refractivity contribution in [1.82, 2.24) is 5.16 Å². The Bertz CT molecular complexity index is 508. The summed E-state index contributed by atoms with van der Waals surface area (Å²) >= 11 is 11.7. The second-order valence-corrected chi connectivity index (χ2v) is 4.23. The van der Waals surface area contributed by atoms with E-state index in [0.29, 0.717) is 21.5 Å². The minimum absolute atomic E-state index is 0.418. The Morgan fingerprint density at radius 2 is 2.00 bits per heavy atom. The molecule has 0 spiro atoms. The van der Waals surface area contributed by atoms with Gasteiger partial charge in [-0.15, -0.1) is 0 Å². The number of nitrogens with zero attached hydrogens (tertiary/aromatic N) is 1. The molecule has 1 N–H and O–H groups in total. The van der Waals surface area contributed by atoms with Gasteiger partial charge in [-0.25, -0.2) is 0 Å². The van der Waals surface area contributed by atoms with Crippen LogP contribution in [0.25, 0.3) is 11.3 Å². The van der Waals surface area contributed by atoms with Crippen molar-refractivity contribution in [3.63, 3.8) is 0 Å².